The van der Waals surface area contributed by atoms with Crippen molar-refractivity contribution in [3.8, 4) is 0 Å². The molecule has 1 amide bonds. The van der Waals surface area contributed by atoms with Gasteiger partial charge in [-0.15, -0.1) is 0 Å². The maximum atomic E-state index is 13.8. The summed E-state index contributed by atoms with van der Waals surface area (Å²) >= 11 is 0. The largest absolute Gasteiger partial charge is 0.457 e. The Labute approximate surface area is 252 Å². The van der Waals surface area contributed by atoms with Crippen molar-refractivity contribution in [3.63, 3.8) is 0 Å². The second kappa shape index (κ2) is 11.8. The van der Waals surface area contributed by atoms with Crippen LogP contribution in [0.15, 0.2) is 54.6 Å². The van der Waals surface area contributed by atoms with Gasteiger partial charge in [-0.1, -0.05) is 55.7 Å². The molecule has 0 aliphatic heterocycles. The molecule has 0 spiro atoms. The number of anilines is 1. The normalized spacial score (nSPS) is 26.4. The van der Waals surface area contributed by atoms with Crippen LogP contribution in [0.5, 0.6) is 0 Å². The lowest BCUT2D eigenvalue weighted by Crippen LogP contribution is -2.51. The number of esters is 1. The fraction of sp³-hybridized carbons (Fsp3) is 0.514. The van der Waals surface area contributed by atoms with Crippen LogP contribution < -0.4 is 5.32 Å². The minimum Gasteiger partial charge on any atom is -0.457 e. The molecule has 0 radical (unpaired) electrons. The Morgan fingerprint density at radius 2 is 1.60 bits per heavy atom. The molecule has 3 aromatic rings. The van der Waals surface area contributed by atoms with Crippen molar-refractivity contribution in [2.24, 2.45) is 17.8 Å². The Morgan fingerprint density at radius 1 is 0.907 bits per heavy atom. The lowest BCUT2D eigenvalue weighted by molar-refractivity contribution is -0.169. The summed E-state index contributed by atoms with van der Waals surface area (Å²) in [6, 6.07) is 16.2. The maximum absolute atomic E-state index is 13.8. The SMILES string of the molecule is O=C(OCc1ccccc1)c1cccc(NC(=O)c2c(COC34CC5CC(CC(C5)C3)C4)nc(C3CCCCC3)n2O)c1. The summed E-state index contributed by atoms with van der Waals surface area (Å²) in [6.07, 6.45) is 12.5. The third kappa shape index (κ3) is 5.94. The summed E-state index contributed by atoms with van der Waals surface area (Å²) < 4.78 is 13.2. The Bertz CT molecular complexity index is 1440. The van der Waals surface area contributed by atoms with E-state index in [2.05, 4.69) is 5.32 Å². The molecule has 5 saturated carbocycles. The van der Waals surface area contributed by atoms with E-state index in [1.807, 2.05) is 30.3 Å². The summed E-state index contributed by atoms with van der Waals surface area (Å²) in [7, 11) is 0. The van der Waals surface area contributed by atoms with Crippen molar-refractivity contribution in [2.75, 3.05) is 5.32 Å². The van der Waals surface area contributed by atoms with Crippen LogP contribution in [0.4, 0.5) is 5.69 Å². The van der Waals surface area contributed by atoms with Crippen LogP contribution in [-0.4, -0.2) is 32.4 Å². The van der Waals surface area contributed by atoms with Crippen molar-refractivity contribution in [1.82, 2.24) is 9.71 Å². The highest BCUT2D eigenvalue weighted by Crippen LogP contribution is 2.57. The molecule has 2 aromatic carbocycles. The second-order valence-corrected chi connectivity index (χ2v) is 13.4. The number of carbonyl (C=O) groups excluding carboxylic acids is 2. The average Bonchev–Trinajstić information content (AvgIpc) is 3.35. The monoisotopic (exact) mass is 583 g/mol. The van der Waals surface area contributed by atoms with E-state index in [0.29, 0.717) is 22.8 Å². The molecule has 0 unspecified atom stereocenters. The van der Waals surface area contributed by atoms with Gasteiger partial charge in [0.2, 0.25) is 0 Å². The number of aromatic nitrogens is 2. The summed E-state index contributed by atoms with van der Waals surface area (Å²) in [5, 5.41) is 14.3. The molecule has 226 valence electrons. The minimum absolute atomic E-state index is 0.112. The Kier molecular flexibility index (Phi) is 7.72. The van der Waals surface area contributed by atoms with Crippen LogP contribution in [-0.2, 0) is 22.7 Å². The number of carbonyl (C=O) groups is 2. The van der Waals surface area contributed by atoms with Crippen LogP contribution in [0.2, 0.25) is 0 Å². The molecule has 8 nitrogen and oxygen atoms in total. The van der Waals surface area contributed by atoms with Crippen LogP contribution >= 0.6 is 0 Å². The standard InChI is InChI=1S/C35H41N3O5/c39-33(36-29-13-7-12-28(17-29)34(40)42-21-23-8-3-1-4-9-23)31-30(37-32(38(31)41)27-10-5-2-6-11-27)22-43-35-18-24-14-25(19-35)16-26(15-24)20-35/h1,3-4,7-9,12-13,17,24-27,41H,2,5-6,10-11,14-16,18-22H2,(H,36,39). The van der Waals surface area contributed by atoms with Gasteiger partial charge >= 0.3 is 5.97 Å². The molecule has 5 fully saturated rings. The maximum Gasteiger partial charge on any atom is 0.338 e. The first kappa shape index (κ1) is 28.1. The molecular formula is C35H41N3O5. The highest BCUT2D eigenvalue weighted by atomic mass is 16.5. The van der Waals surface area contributed by atoms with E-state index < -0.39 is 11.9 Å². The molecular weight excluding hydrogens is 542 g/mol. The van der Waals surface area contributed by atoms with Gasteiger partial charge in [0, 0.05) is 11.6 Å². The van der Waals surface area contributed by atoms with Gasteiger partial charge in [0.05, 0.1) is 17.8 Å². The first-order chi connectivity index (χ1) is 20.9. The highest BCUT2D eigenvalue weighted by Gasteiger charge is 2.52. The van der Waals surface area contributed by atoms with Gasteiger partial charge in [-0.05, 0) is 92.9 Å². The molecule has 8 rings (SSSR count). The number of hydrogen-bond acceptors (Lipinski definition) is 6. The molecule has 8 heteroatoms. The van der Waals surface area contributed by atoms with Gasteiger partial charge in [0.25, 0.3) is 5.91 Å². The van der Waals surface area contributed by atoms with E-state index in [4.69, 9.17) is 14.5 Å². The minimum atomic E-state index is -0.476. The number of imidazole rings is 1. The molecule has 0 atom stereocenters. The van der Waals surface area contributed by atoms with Crippen molar-refractivity contribution in [1.29, 1.82) is 0 Å². The Morgan fingerprint density at radius 3 is 2.30 bits per heavy atom. The van der Waals surface area contributed by atoms with Crippen LogP contribution in [0, 0.1) is 17.8 Å². The number of nitrogens with zero attached hydrogens (tertiary/aromatic N) is 2. The van der Waals surface area contributed by atoms with Gasteiger partial charge < -0.3 is 20.0 Å². The summed E-state index contributed by atoms with van der Waals surface area (Å²) in [4.78, 5) is 31.4. The van der Waals surface area contributed by atoms with Crippen LogP contribution in [0.1, 0.15) is 114 Å². The van der Waals surface area contributed by atoms with E-state index in [0.717, 1.165) is 73.0 Å². The molecule has 0 saturated heterocycles. The number of rotatable bonds is 9. The fourth-order valence-corrected chi connectivity index (χ4v) is 8.58. The molecule has 5 aliphatic rings. The van der Waals surface area contributed by atoms with Crippen molar-refractivity contribution >= 4 is 17.6 Å². The van der Waals surface area contributed by atoms with Crippen molar-refractivity contribution < 1.29 is 24.3 Å². The van der Waals surface area contributed by atoms with E-state index in [9.17, 15) is 14.8 Å². The van der Waals surface area contributed by atoms with E-state index in [1.54, 1.807) is 24.3 Å². The molecule has 5 aliphatic carbocycles. The second-order valence-electron chi connectivity index (χ2n) is 13.4. The highest BCUT2D eigenvalue weighted by molar-refractivity contribution is 6.04. The summed E-state index contributed by atoms with van der Waals surface area (Å²) in [5.74, 6) is 1.94. The Hall–Kier alpha value is -3.65. The number of benzene rings is 2. The molecule has 1 heterocycles. The summed E-state index contributed by atoms with van der Waals surface area (Å²) in [6.45, 7) is 0.366. The lowest BCUT2D eigenvalue weighted by atomic mass is 9.54. The van der Waals surface area contributed by atoms with Crippen LogP contribution in [0.25, 0.3) is 0 Å². The summed E-state index contributed by atoms with van der Waals surface area (Å²) in [5.41, 5.74) is 2.12. The Balaban J connectivity index is 1.09. The van der Waals surface area contributed by atoms with E-state index in [1.165, 1.54) is 25.7 Å². The predicted octanol–water partition coefficient (Wildman–Crippen LogP) is 7.26. The van der Waals surface area contributed by atoms with Gasteiger partial charge in [-0.3, -0.25) is 4.79 Å². The zero-order valence-corrected chi connectivity index (χ0v) is 24.7. The van der Waals surface area contributed by atoms with Gasteiger partial charge in [-0.2, -0.15) is 4.73 Å². The predicted molar refractivity (Wildman–Crippen MR) is 161 cm³/mol. The first-order valence-corrected chi connectivity index (χ1v) is 16.0. The quantitative estimate of drug-likeness (QED) is 0.203. The van der Waals surface area contributed by atoms with E-state index in [-0.39, 0.29) is 30.4 Å². The molecule has 1 aromatic heterocycles. The topological polar surface area (TPSA) is 103 Å². The number of hydrogen-bond donors (Lipinski definition) is 2. The lowest BCUT2D eigenvalue weighted by Gasteiger charge is -2.56. The average molecular weight is 584 g/mol. The van der Waals surface area contributed by atoms with Crippen LogP contribution in [0.3, 0.4) is 0 Å². The smallest absolute Gasteiger partial charge is 0.338 e. The molecule has 4 bridgehead atoms. The van der Waals surface area contributed by atoms with Crippen molar-refractivity contribution in [2.45, 2.75) is 95.4 Å². The van der Waals surface area contributed by atoms with Crippen molar-refractivity contribution in [3.05, 3.63) is 82.9 Å². The van der Waals surface area contributed by atoms with Gasteiger partial charge in [0.15, 0.2) is 5.69 Å². The van der Waals surface area contributed by atoms with E-state index >= 15 is 0 Å². The van der Waals surface area contributed by atoms with Gasteiger partial charge in [-0.25, -0.2) is 9.78 Å². The van der Waals surface area contributed by atoms with Gasteiger partial charge in [0.1, 0.15) is 18.1 Å². The zero-order chi connectivity index (χ0) is 29.4. The number of ether oxygens (including phenoxy) is 2. The molecule has 43 heavy (non-hydrogen) atoms. The third-order valence-electron chi connectivity index (χ3n) is 10.2. The number of amides is 1. The number of nitrogens with one attached hydrogen (secondary N) is 1. The zero-order valence-electron chi connectivity index (χ0n) is 24.7. The first-order valence-electron chi connectivity index (χ1n) is 16.0. The fourth-order valence-electron chi connectivity index (χ4n) is 8.58. The molecule has 2 N–H and O–H groups in total. The third-order valence-corrected chi connectivity index (χ3v) is 10.2.